The number of piperidine rings is 1. The predicted octanol–water partition coefficient (Wildman–Crippen LogP) is 0.188. The van der Waals surface area contributed by atoms with Gasteiger partial charge in [-0.2, -0.15) is 0 Å². The van der Waals surface area contributed by atoms with Crippen LogP contribution in [0.15, 0.2) is 0 Å². The van der Waals surface area contributed by atoms with Gasteiger partial charge in [0.05, 0.1) is 0 Å². The molecule has 0 aromatic carbocycles. The minimum absolute atomic E-state index is 0.0822. The maximum Gasteiger partial charge on any atom is 0.139 e. The number of rotatable bonds is 1. The number of hydrogen-bond donors (Lipinski definition) is 1. The first-order valence-electron chi connectivity index (χ1n) is 3.51. The molecule has 0 bridgehead atoms. The van der Waals surface area contributed by atoms with Gasteiger partial charge in [0.25, 0.3) is 0 Å². The van der Waals surface area contributed by atoms with Gasteiger partial charge in [-0.1, -0.05) is 0 Å². The van der Waals surface area contributed by atoms with Gasteiger partial charge >= 0.3 is 0 Å². The molecule has 0 spiro atoms. The largest absolute Gasteiger partial charge is 0.316 e. The molecule has 0 amide bonds. The maximum atomic E-state index is 11.0. The Morgan fingerprint density at radius 2 is 2.60 bits per heavy atom. The minimum Gasteiger partial charge on any atom is -0.316 e. The van der Waals surface area contributed by atoms with Gasteiger partial charge in [0.15, 0.2) is 0 Å². The molecule has 1 rings (SSSR count). The van der Waals surface area contributed by atoms with E-state index in [-0.39, 0.29) is 5.92 Å². The van der Waals surface area contributed by atoms with Crippen LogP contribution in [0.1, 0.15) is 12.8 Å². The van der Waals surface area contributed by atoms with Gasteiger partial charge in [-0.15, -0.1) is 12.3 Å². The molecule has 1 atom stereocenters. The summed E-state index contributed by atoms with van der Waals surface area (Å²) in [5.74, 6) is 2.91. The van der Waals surface area contributed by atoms with Crippen molar-refractivity contribution in [2.75, 3.05) is 13.1 Å². The summed E-state index contributed by atoms with van der Waals surface area (Å²) in [7, 11) is 0. The van der Waals surface area contributed by atoms with Crippen molar-refractivity contribution in [3.63, 3.8) is 0 Å². The fraction of sp³-hybridized carbons (Fsp3) is 0.625. The molecule has 1 heterocycles. The highest BCUT2D eigenvalue weighted by Gasteiger charge is 2.19. The van der Waals surface area contributed by atoms with Crippen LogP contribution < -0.4 is 5.32 Å². The third-order valence-electron chi connectivity index (χ3n) is 1.76. The van der Waals surface area contributed by atoms with Crippen molar-refractivity contribution >= 4 is 5.78 Å². The Balaban J connectivity index is 2.42. The molecule has 0 radical (unpaired) electrons. The van der Waals surface area contributed by atoms with Crippen molar-refractivity contribution in [1.29, 1.82) is 0 Å². The Labute approximate surface area is 61.0 Å². The van der Waals surface area contributed by atoms with Crippen LogP contribution in [0.25, 0.3) is 0 Å². The summed E-state index contributed by atoms with van der Waals surface area (Å²) in [6, 6.07) is 0. The molecule has 10 heavy (non-hydrogen) atoms. The monoisotopic (exact) mass is 137 g/mol. The predicted molar refractivity (Wildman–Crippen MR) is 39.4 cm³/mol. The molecular weight excluding hydrogens is 126 g/mol. The van der Waals surface area contributed by atoms with E-state index < -0.39 is 0 Å². The second-order valence-electron chi connectivity index (χ2n) is 2.53. The Bertz CT molecular complexity index is 169. The summed E-state index contributed by atoms with van der Waals surface area (Å²) in [6.45, 7) is 1.59. The highest BCUT2D eigenvalue weighted by Crippen LogP contribution is 2.08. The van der Waals surface area contributed by atoms with E-state index in [1.807, 2.05) is 0 Å². The number of Topliss-reactive ketones (excluding diaryl/α,β-unsaturated/α-hetero) is 1. The number of hydrogen-bond acceptors (Lipinski definition) is 2. The summed E-state index contributed by atoms with van der Waals surface area (Å²) in [5.41, 5.74) is 0. The Hall–Kier alpha value is -0.810. The lowest BCUT2D eigenvalue weighted by atomic mass is 9.95. The first kappa shape index (κ1) is 7.30. The zero-order valence-corrected chi connectivity index (χ0v) is 5.89. The Morgan fingerprint density at radius 3 is 3.20 bits per heavy atom. The zero-order valence-electron chi connectivity index (χ0n) is 5.89. The van der Waals surface area contributed by atoms with Crippen LogP contribution in [0.4, 0.5) is 0 Å². The Morgan fingerprint density at radius 1 is 1.80 bits per heavy atom. The molecule has 2 nitrogen and oxygen atoms in total. The van der Waals surface area contributed by atoms with Crippen molar-refractivity contribution in [2.24, 2.45) is 5.92 Å². The molecule has 1 unspecified atom stereocenters. The van der Waals surface area contributed by atoms with Crippen molar-refractivity contribution in [2.45, 2.75) is 12.8 Å². The normalized spacial score (nSPS) is 25.9. The van der Waals surface area contributed by atoms with E-state index in [0.29, 0.717) is 18.6 Å². The molecule has 1 N–H and O–H groups in total. The van der Waals surface area contributed by atoms with Crippen LogP contribution in [0.3, 0.4) is 0 Å². The molecule has 2 heteroatoms. The smallest absolute Gasteiger partial charge is 0.139 e. The quantitative estimate of drug-likeness (QED) is 0.523. The number of carbonyl (C=O) groups excluding carboxylic acids is 1. The third-order valence-corrected chi connectivity index (χ3v) is 1.76. The number of carbonyl (C=O) groups is 1. The van der Waals surface area contributed by atoms with Crippen molar-refractivity contribution in [3.8, 4) is 12.3 Å². The fourth-order valence-corrected chi connectivity index (χ4v) is 1.13. The van der Waals surface area contributed by atoms with Gasteiger partial charge in [0, 0.05) is 31.8 Å². The van der Waals surface area contributed by atoms with E-state index in [9.17, 15) is 4.79 Å². The van der Waals surface area contributed by atoms with E-state index in [4.69, 9.17) is 6.42 Å². The molecule has 1 fully saturated rings. The number of terminal acetylenes is 1. The van der Waals surface area contributed by atoms with E-state index in [0.717, 1.165) is 13.1 Å². The Kier molecular flexibility index (Phi) is 2.47. The van der Waals surface area contributed by atoms with E-state index >= 15 is 0 Å². The SMILES string of the molecule is C#CCC1CNCCC1=O. The van der Waals surface area contributed by atoms with E-state index in [1.54, 1.807) is 0 Å². The highest BCUT2D eigenvalue weighted by atomic mass is 16.1. The molecule has 0 aromatic rings. The zero-order chi connectivity index (χ0) is 7.40. The van der Waals surface area contributed by atoms with Crippen molar-refractivity contribution in [3.05, 3.63) is 0 Å². The molecule has 0 aromatic heterocycles. The van der Waals surface area contributed by atoms with E-state index in [2.05, 4.69) is 11.2 Å². The summed E-state index contributed by atoms with van der Waals surface area (Å²) in [6.07, 6.45) is 6.33. The van der Waals surface area contributed by atoms with Crippen molar-refractivity contribution < 1.29 is 4.79 Å². The van der Waals surface area contributed by atoms with Crippen LogP contribution >= 0.6 is 0 Å². The average molecular weight is 137 g/mol. The molecule has 1 aliphatic rings. The van der Waals surface area contributed by atoms with Gasteiger partial charge in [0.2, 0.25) is 0 Å². The molecule has 54 valence electrons. The van der Waals surface area contributed by atoms with Crippen LogP contribution in [-0.4, -0.2) is 18.9 Å². The standard InChI is InChI=1S/C8H11NO/c1-2-3-7-6-9-5-4-8(7)10/h1,7,9H,3-6H2. The lowest BCUT2D eigenvalue weighted by Gasteiger charge is -2.18. The minimum atomic E-state index is 0.0822. The third kappa shape index (κ3) is 1.58. The lowest BCUT2D eigenvalue weighted by molar-refractivity contribution is -0.123. The second kappa shape index (κ2) is 3.38. The summed E-state index contributed by atoms with van der Waals surface area (Å²) in [5, 5.41) is 3.13. The van der Waals surface area contributed by atoms with Crippen LogP contribution in [0.5, 0.6) is 0 Å². The summed E-state index contributed by atoms with van der Waals surface area (Å²) in [4.78, 5) is 11.0. The summed E-state index contributed by atoms with van der Waals surface area (Å²) < 4.78 is 0. The number of ketones is 1. The van der Waals surface area contributed by atoms with Crippen LogP contribution in [0, 0.1) is 18.3 Å². The van der Waals surface area contributed by atoms with Gasteiger partial charge in [0.1, 0.15) is 5.78 Å². The first-order chi connectivity index (χ1) is 4.84. The highest BCUT2D eigenvalue weighted by molar-refractivity contribution is 5.82. The van der Waals surface area contributed by atoms with Crippen LogP contribution in [-0.2, 0) is 4.79 Å². The molecular formula is C8H11NO. The molecule has 0 saturated carbocycles. The summed E-state index contributed by atoms with van der Waals surface area (Å²) >= 11 is 0. The maximum absolute atomic E-state index is 11.0. The molecule has 1 saturated heterocycles. The van der Waals surface area contributed by atoms with Crippen molar-refractivity contribution in [1.82, 2.24) is 5.32 Å². The molecule has 0 aliphatic carbocycles. The fourth-order valence-electron chi connectivity index (χ4n) is 1.13. The van der Waals surface area contributed by atoms with Gasteiger partial charge in [-0.25, -0.2) is 0 Å². The molecule has 1 aliphatic heterocycles. The number of nitrogens with one attached hydrogen (secondary N) is 1. The average Bonchev–Trinajstić information content (AvgIpc) is 1.94. The van der Waals surface area contributed by atoms with E-state index in [1.165, 1.54) is 0 Å². The van der Waals surface area contributed by atoms with Gasteiger partial charge in [-0.3, -0.25) is 4.79 Å². The van der Waals surface area contributed by atoms with Gasteiger partial charge < -0.3 is 5.32 Å². The lowest BCUT2D eigenvalue weighted by Crippen LogP contribution is -2.36. The first-order valence-corrected chi connectivity index (χ1v) is 3.51. The van der Waals surface area contributed by atoms with Gasteiger partial charge in [-0.05, 0) is 0 Å². The second-order valence-corrected chi connectivity index (χ2v) is 2.53. The topological polar surface area (TPSA) is 29.1 Å². The van der Waals surface area contributed by atoms with Crippen LogP contribution in [0.2, 0.25) is 0 Å².